The molecule has 0 aliphatic carbocycles. The van der Waals surface area contributed by atoms with E-state index in [4.69, 9.17) is 10.5 Å². The van der Waals surface area contributed by atoms with Crippen LogP contribution < -0.4 is 10.5 Å². The lowest BCUT2D eigenvalue weighted by Gasteiger charge is -2.10. The number of aromatic nitrogens is 3. The monoisotopic (exact) mass is 422 g/mol. The van der Waals surface area contributed by atoms with Crippen molar-refractivity contribution in [1.82, 2.24) is 15.4 Å². The topological polar surface area (TPSA) is 111 Å². The molecule has 7 nitrogen and oxygen atoms in total. The second kappa shape index (κ2) is 7.00. The van der Waals surface area contributed by atoms with Gasteiger partial charge in [-0.05, 0) is 30.3 Å². The number of rotatable bonds is 4. The van der Waals surface area contributed by atoms with Gasteiger partial charge in [-0.1, -0.05) is 22.0 Å². The van der Waals surface area contributed by atoms with Gasteiger partial charge in [-0.15, -0.1) is 0 Å². The number of esters is 1. The second-order valence-corrected chi connectivity index (χ2v) is 5.93. The molecule has 0 aliphatic heterocycles. The Bertz CT molecular complexity index is 1000. The van der Waals surface area contributed by atoms with Crippen LogP contribution in [-0.4, -0.2) is 27.3 Å². The number of carbonyl (C=O) groups is 2. The summed E-state index contributed by atoms with van der Waals surface area (Å²) in [6.07, 6.45) is 0. The van der Waals surface area contributed by atoms with Gasteiger partial charge in [0.1, 0.15) is 28.6 Å². The number of nitrogens with one attached hydrogen (secondary N) is 1. The lowest BCUT2D eigenvalue weighted by Crippen LogP contribution is -2.15. The fourth-order valence-electron chi connectivity index (χ4n) is 2.21. The number of primary amides is 1. The average molecular weight is 423 g/mol. The largest absolute Gasteiger partial charge is 0.422 e. The molecule has 1 aromatic heterocycles. The van der Waals surface area contributed by atoms with Gasteiger partial charge in [0.25, 0.3) is 5.91 Å². The van der Waals surface area contributed by atoms with Gasteiger partial charge < -0.3 is 10.5 Å². The lowest BCUT2D eigenvalue weighted by atomic mass is 10.1. The van der Waals surface area contributed by atoms with E-state index in [2.05, 4.69) is 31.3 Å². The minimum atomic E-state index is -1.24. The Labute approximate surface area is 153 Å². The number of nitrogens with zero attached hydrogens (tertiary/aromatic N) is 2. The van der Waals surface area contributed by atoms with Crippen molar-refractivity contribution in [1.29, 1.82) is 0 Å². The predicted molar refractivity (Wildman–Crippen MR) is 89.4 cm³/mol. The van der Waals surface area contributed by atoms with Crippen LogP contribution in [0.15, 0.2) is 40.9 Å². The molecule has 132 valence electrons. The Kier molecular flexibility index (Phi) is 4.76. The maximum Gasteiger partial charge on any atom is 0.349 e. The molecule has 3 aromatic rings. The number of H-pyrrole nitrogens is 1. The zero-order chi connectivity index (χ0) is 18.8. The first kappa shape index (κ1) is 17.7. The number of amides is 1. The zero-order valence-corrected chi connectivity index (χ0v) is 14.4. The third-order valence-electron chi connectivity index (χ3n) is 3.35. The molecule has 1 heterocycles. The van der Waals surface area contributed by atoms with E-state index >= 15 is 0 Å². The first-order chi connectivity index (χ1) is 12.4. The van der Waals surface area contributed by atoms with Gasteiger partial charge in [-0.3, -0.25) is 4.79 Å². The van der Waals surface area contributed by atoms with E-state index in [1.165, 1.54) is 18.2 Å². The zero-order valence-electron chi connectivity index (χ0n) is 12.8. The van der Waals surface area contributed by atoms with E-state index in [0.717, 1.165) is 18.2 Å². The molecule has 2 aromatic carbocycles. The smallest absolute Gasteiger partial charge is 0.349 e. The lowest BCUT2D eigenvalue weighted by molar-refractivity contribution is 0.0725. The van der Waals surface area contributed by atoms with Crippen LogP contribution in [0.5, 0.6) is 5.75 Å². The summed E-state index contributed by atoms with van der Waals surface area (Å²) in [6, 6.07) is 7.39. The normalized spacial score (nSPS) is 10.6. The summed E-state index contributed by atoms with van der Waals surface area (Å²) in [5, 5.41) is 9.72. The van der Waals surface area contributed by atoms with Crippen LogP contribution in [0.25, 0.3) is 11.3 Å². The van der Waals surface area contributed by atoms with Gasteiger partial charge in [0.2, 0.25) is 0 Å². The summed E-state index contributed by atoms with van der Waals surface area (Å²) < 4.78 is 33.3. The highest BCUT2D eigenvalue weighted by atomic mass is 79.9. The van der Waals surface area contributed by atoms with E-state index in [0.29, 0.717) is 4.47 Å². The van der Waals surface area contributed by atoms with Gasteiger partial charge >= 0.3 is 5.97 Å². The van der Waals surface area contributed by atoms with Gasteiger partial charge in [-0.25, -0.2) is 13.6 Å². The highest BCUT2D eigenvalue weighted by molar-refractivity contribution is 9.10. The second-order valence-electron chi connectivity index (χ2n) is 5.01. The number of aromatic amines is 1. The van der Waals surface area contributed by atoms with Gasteiger partial charge in [-0.2, -0.15) is 15.4 Å². The number of carbonyl (C=O) groups excluding carboxylic acids is 2. The minimum absolute atomic E-state index is 0.0237. The molecule has 0 atom stereocenters. The fraction of sp³-hybridized carbons (Fsp3) is 0. The number of hydrogen-bond acceptors (Lipinski definition) is 5. The van der Waals surface area contributed by atoms with Crippen molar-refractivity contribution < 1.29 is 23.1 Å². The van der Waals surface area contributed by atoms with Gasteiger partial charge in [0, 0.05) is 10.0 Å². The van der Waals surface area contributed by atoms with Crippen LogP contribution in [0.3, 0.4) is 0 Å². The third kappa shape index (κ3) is 3.31. The molecule has 0 unspecified atom stereocenters. The van der Waals surface area contributed by atoms with Crippen molar-refractivity contribution in [2.45, 2.75) is 0 Å². The Morgan fingerprint density at radius 1 is 1.12 bits per heavy atom. The summed E-state index contributed by atoms with van der Waals surface area (Å²) in [5.74, 6) is -4.31. The number of ether oxygens (including phenoxy) is 1. The van der Waals surface area contributed by atoms with E-state index in [1.807, 2.05) is 0 Å². The van der Waals surface area contributed by atoms with Crippen molar-refractivity contribution in [2.24, 2.45) is 5.73 Å². The maximum absolute atomic E-state index is 13.8. The van der Waals surface area contributed by atoms with Crippen molar-refractivity contribution in [2.75, 3.05) is 0 Å². The molecule has 3 N–H and O–H groups in total. The molecule has 0 spiro atoms. The highest BCUT2D eigenvalue weighted by Gasteiger charge is 2.23. The molecule has 0 aliphatic rings. The average Bonchev–Trinajstić information content (AvgIpc) is 3.06. The molecule has 0 radical (unpaired) electrons. The Morgan fingerprint density at radius 2 is 1.81 bits per heavy atom. The van der Waals surface area contributed by atoms with E-state index < -0.39 is 29.1 Å². The minimum Gasteiger partial charge on any atom is -0.422 e. The van der Waals surface area contributed by atoms with Crippen LogP contribution in [-0.2, 0) is 0 Å². The highest BCUT2D eigenvalue weighted by Crippen LogP contribution is 2.33. The van der Waals surface area contributed by atoms with Crippen LogP contribution in [0.2, 0.25) is 0 Å². The summed E-state index contributed by atoms with van der Waals surface area (Å²) in [6.45, 7) is 0. The third-order valence-corrected chi connectivity index (χ3v) is 3.84. The van der Waals surface area contributed by atoms with E-state index in [-0.39, 0.29) is 22.7 Å². The van der Waals surface area contributed by atoms with Crippen molar-refractivity contribution >= 4 is 27.8 Å². The molecule has 1 amide bonds. The summed E-state index contributed by atoms with van der Waals surface area (Å²) in [4.78, 5) is 23.7. The van der Waals surface area contributed by atoms with Crippen LogP contribution >= 0.6 is 15.9 Å². The Hall–Kier alpha value is -3.14. The Morgan fingerprint density at radius 3 is 2.46 bits per heavy atom. The number of halogens is 3. The maximum atomic E-state index is 13.8. The summed E-state index contributed by atoms with van der Waals surface area (Å²) >= 11 is 3.24. The van der Waals surface area contributed by atoms with E-state index in [9.17, 15) is 18.4 Å². The van der Waals surface area contributed by atoms with E-state index in [1.54, 1.807) is 0 Å². The molecule has 0 bridgehead atoms. The molecule has 0 saturated heterocycles. The number of benzene rings is 2. The fourth-order valence-corrected chi connectivity index (χ4v) is 2.57. The van der Waals surface area contributed by atoms with Crippen LogP contribution in [0.4, 0.5) is 8.78 Å². The molecular weight excluding hydrogens is 414 g/mol. The Balaban J connectivity index is 2.05. The van der Waals surface area contributed by atoms with Crippen molar-refractivity contribution in [3.8, 4) is 17.0 Å². The molecule has 10 heteroatoms. The molecular formula is C16H9BrF2N4O3. The van der Waals surface area contributed by atoms with Crippen LogP contribution in [0, 0.1) is 11.6 Å². The molecule has 0 fully saturated rings. The van der Waals surface area contributed by atoms with Crippen molar-refractivity contribution in [3.05, 3.63) is 63.8 Å². The first-order valence-corrected chi connectivity index (χ1v) is 7.84. The quantitative estimate of drug-likeness (QED) is 0.495. The first-order valence-electron chi connectivity index (χ1n) is 7.05. The van der Waals surface area contributed by atoms with Gasteiger partial charge in [0.05, 0.1) is 0 Å². The summed E-state index contributed by atoms with van der Waals surface area (Å²) in [5.41, 5.74) is 4.41. The number of nitrogens with two attached hydrogens (primary N) is 1. The predicted octanol–water partition coefficient (Wildman–Crippen LogP) is 2.83. The number of hydrogen-bond donors (Lipinski definition) is 2. The molecule has 26 heavy (non-hydrogen) atoms. The van der Waals surface area contributed by atoms with Crippen LogP contribution in [0.1, 0.15) is 20.8 Å². The standard InChI is InChI=1S/C16H9BrF2N4O3/c17-7-4-5-11(8(6-7)13-14(15(20)24)22-23-21-13)26-16(25)12-9(18)2-1-3-10(12)19/h1-6H,(H2,20,24)(H,21,22,23). The molecule has 3 rings (SSSR count). The van der Waals surface area contributed by atoms with Gasteiger partial charge in [0.15, 0.2) is 5.69 Å². The molecule has 0 saturated carbocycles. The summed E-state index contributed by atoms with van der Waals surface area (Å²) in [7, 11) is 0. The van der Waals surface area contributed by atoms with Crippen molar-refractivity contribution in [3.63, 3.8) is 0 Å². The SMILES string of the molecule is NC(=O)c1n[nH]nc1-c1cc(Br)ccc1OC(=O)c1c(F)cccc1F.